The summed E-state index contributed by atoms with van der Waals surface area (Å²) in [6, 6.07) is 6.15. The Balaban J connectivity index is 0.000000360. The molecule has 0 heterocycles. The first-order valence-electron chi connectivity index (χ1n) is 22.1. The number of halogens is 30. The van der Waals surface area contributed by atoms with Crippen molar-refractivity contribution in [2.45, 2.75) is 13.1 Å². The van der Waals surface area contributed by atoms with Gasteiger partial charge in [-0.3, -0.25) is 52.7 Å². The van der Waals surface area contributed by atoms with E-state index in [-0.39, 0.29) is 34.7 Å². The van der Waals surface area contributed by atoms with Gasteiger partial charge in [-0.05, 0) is 36.8 Å². The van der Waals surface area contributed by atoms with Crippen LogP contribution in [0, 0.1) is 271 Å². The van der Waals surface area contributed by atoms with Crippen molar-refractivity contribution in [1.82, 2.24) is 0 Å². The van der Waals surface area contributed by atoms with Crippen LogP contribution in [0.2, 0.25) is 13.1 Å². The number of fused-ring (bicyclic) bond motifs is 2. The third-order valence-electron chi connectivity index (χ3n) is 10.6. The van der Waals surface area contributed by atoms with Crippen LogP contribution in [-0.2, 0) is 0 Å². The number of allylic oxidation sites excluding steroid dienone is 8. The minimum Gasteiger partial charge on any atom is -0.278 e. The zero-order valence-electron chi connectivity index (χ0n) is 42.9. The molecular formula is C56H18Al2F30Si. The van der Waals surface area contributed by atoms with Gasteiger partial charge in [0.15, 0.2) is 0 Å². The molecule has 4 aliphatic rings. The predicted molar refractivity (Wildman–Crippen MR) is 253 cm³/mol. The zero-order chi connectivity index (χ0) is 66.0. The summed E-state index contributed by atoms with van der Waals surface area (Å²) in [6.07, 6.45) is 26.7. The van der Waals surface area contributed by atoms with Crippen molar-refractivity contribution in [2.75, 3.05) is 0 Å². The van der Waals surface area contributed by atoms with Gasteiger partial charge in [0.05, 0.1) is 183 Å². The van der Waals surface area contributed by atoms with E-state index < -0.39 is 183 Å². The molecule has 0 saturated heterocycles. The van der Waals surface area contributed by atoms with E-state index in [0.29, 0.717) is 0 Å². The van der Waals surface area contributed by atoms with Crippen molar-refractivity contribution in [3.8, 4) is 0 Å². The average molecular weight is 1340 g/mol. The van der Waals surface area contributed by atoms with E-state index >= 15 is 0 Å². The molecule has 0 atom stereocenters. The molecule has 462 valence electrons. The summed E-state index contributed by atoms with van der Waals surface area (Å²) in [7, 11) is -1.68. The summed E-state index contributed by atoms with van der Waals surface area (Å²) in [6.45, 7) is 4.94. The molecule has 4 aliphatic carbocycles. The summed E-state index contributed by atoms with van der Waals surface area (Å²) in [5.41, 5.74) is 3.10. The summed E-state index contributed by atoms with van der Waals surface area (Å²) in [5.74, 6) is -54.7. The van der Waals surface area contributed by atoms with E-state index in [1.807, 2.05) is 0 Å². The van der Waals surface area contributed by atoms with E-state index in [2.05, 4.69) is 87.4 Å². The standard InChI is InChI=1S/C20H18Si.6C6F5.2Al/c1-21(2,19-13-11-15-7-3-5-9-17(15)19)20-14-12-16-8-4-6-10-18(16)20;6*7-2-1-3(8)5(10)6(11)4(2)9;;/h3-14H,1-2H3;;;;;;;;/q;6*-1;2*+3. The fourth-order valence-electron chi connectivity index (χ4n) is 6.51. The van der Waals surface area contributed by atoms with Crippen LogP contribution < -0.4 is 0 Å². The Morgan fingerprint density at radius 2 is 0.360 bits per heavy atom. The van der Waals surface area contributed by atoms with Gasteiger partial charge in [-0.1, -0.05) is 61.7 Å². The maximum absolute atomic E-state index is 12.0. The monoisotopic (exact) mass is 1340 g/mol. The first-order chi connectivity index (χ1) is 40.4. The number of rotatable bonds is 2. The minimum atomic E-state index is -2.17. The smallest absolute Gasteiger partial charge is 0.278 e. The Bertz CT molecular complexity index is 2930. The second-order valence-electron chi connectivity index (χ2n) is 16.5. The van der Waals surface area contributed by atoms with Crippen LogP contribution >= 0.6 is 0 Å². The van der Waals surface area contributed by atoms with Gasteiger partial charge in [0.1, 0.15) is 0 Å². The molecule has 0 bridgehead atoms. The van der Waals surface area contributed by atoms with Crippen molar-refractivity contribution in [3.63, 3.8) is 0 Å². The van der Waals surface area contributed by atoms with Gasteiger partial charge < -0.3 is 0 Å². The molecule has 0 aliphatic heterocycles. The minimum absolute atomic E-state index is 0. The quantitative estimate of drug-likeness (QED) is 0.0533. The van der Waals surface area contributed by atoms with Crippen molar-refractivity contribution in [2.24, 2.45) is 0 Å². The second-order valence-corrected chi connectivity index (χ2v) is 20.8. The second kappa shape index (κ2) is 33.5. The summed E-state index contributed by atoms with van der Waals surface area (Å²) in [4.78, 5) is 0. The molecule has 33 heteroatoms. The molecule has 2 saturated carbocycles. The van der Waals surface area contributed by atoms with Crippen LogP contribution in [0.25, 0.3) is 0 Å². The van der Waals surface area contributed by atoms with E-state index in [1.54, 1.807) is 11.1 Å². The molecule has 6 aromatic carbocycles. The topological polar surface area (TPSA) is 0 Å². The fraction of sp³-hybridized carbons (Fsp3) is 0.0357. The van der Waals surface area contributed by atoms with Crippen molar-refractivity contribution in [3.05, 3.63) is 320 Å². The Labute approximate surface area is 505 Å². The number of hydrogen-bond acceptors (Lipinski definition) is 0. The molecular weight excluding hydrogens is 1320 g/mol. The Hall–Kier alpha value is -6.54. The van der Waals surface area contributed by atoms with Crippen LogP contribution in [-0.4, -0.2) is 42.8 Å². The normalized spacial score (nSPS) is 14.4. The van der Waals surface area contributed by atoms with E-state index in [1.165, 1.54) is 23.7 Å². The Morgan fingerprint density at radius 3 is 0.517 bits per heavy atom. The maximum atomic E-state index is 12.0. The van der Waals surface area contributed by atoms with Gasteiger partial charge >= 0.3 is 34.7 Å². The van der Waals surface area contributed by atoms with Crippen LogP contribution in [0.1, 0.15) is 0 Å². The summed E-state index contributed by atoms with van der Waals surface area (Å²) in [5, 5.41) is 0. The Kier molecular flexibility index (Phi) is 29.6. The van der Waals surface area contributed by atoms with Crippen molar-refractivity contribution >= 4 is 42.8 Å². The van der Waals surface area contributed by atoms with Crippen LogP contribution in [0.4, 0.5) is 132 Å². The molecule has 0 unspecified atom stereocenters. The van der Waals surface area contributed by atoms with Crippen molar-refractivity contribution < 1.29 is 132 Å². The Morgan fingerprint density at radius 1 is 0.213 bits per heavy atom. The summed E-state index contributed by atoms with van der Waals surface area (Å²) < 4.78 is 359. The summed E-state index contributed by atoms with van der Waals surface area (Å²) >= 11 is 0. The molecule has 0 amide bonds. The van der Waals surface area contributed by atoms with Crippen molar-refractivity contribution in [1.29, 1.82) is 0 Å². The predicted octanol–water partition coefficient (Wildman–Crippen LogP) is 16.6. The molecule has 0 nitrogen and oxygen atoms in total. The van der Waals surface area contributed by atoms with E-state index in [4.69, 9.17) is 0 Å². The van der Waals surface area contributed by atoms with Crippen LogP contribution in [0.3, 0.4) is 0 Å². The molecule has 0 spiro atoms. The largest absolute Gasteiger partial charge is 3.00 e. The van der Waals surface area contributed by atoms with E-state index in [0.717, 1.165) is 36.4 Å². The first-order valence-corrected chi connectivity index (χ1v) is 25.1. The van der Waals surface area contributed by atoms with E-state index in [9.17, 15) is 132 Å². The van der Waals surface area contributed by atoms with Crippen LogP contribution in [0.5, 0.6) is 0 Å². The molecule has 0 N–H and O–H groups in total. The van der Waals surface area contributed by atoms with Gasteiger partial charge in [-0.2, -0.15) is 0 Å². The van der Waals surface area contributed by atoms with Gasteiger partial charge in [-0.15, -0.1) is 36.4 Å². The van der Waals surface area contributed by atoms with Gasteiger partial charge in [0.2, 0.25) is 0 Å². The molecule has 10 radical (unpaired) electrons. The van der Waals surface area contributed by atoms with Gasteiger partial charge in [0.25, 0.3) is 0 Å². The SMILES string of the molecule is C[Si](C)([C]1[CH][CH][C]2C=CC=C[C]21)[C]1[CH][CH][C]2C=CC=C[C]21.Fc1[c-]c(F)c(F)c(F)c1F.Fc1[c-]c(F)c(F)c(F)c1F.Fc1[c-]c(F)c(F)c(F)c1F.Fc1[c-]c(F)c(F)c(F)c1F.Fc1[c-]c(F)c(F)c(F)c1F.Fc1[c-]c(F)c(F)c(F)c1F.[Al+3].[Al+3]. The van der Waals surface area contributed by atoms with Gasteiger partial charge in [0, 0.05) is 23.7 Å². The number of hydrogen-bond donors (Lipinski definition) is 0. The third-order valence-corrected chi connectivity index (χ3v) is 14.2. The fourth-order valence-corrected chi connectivity index (χ4v) is 9.60. The first kappa shape index (κ1) is 78.6. The maximum Gasteiger partial charge on any atom is 3.00 e. The molecule has 89 heavy (non-hydrogen) atoms. The zero-order valence-corrected chi connectivity index (χ0v) is 46.2. The molecule has 2 fully saturated rings. The van der Waals surface area contributed by atoms with Crippen LogP contribution in [0.15, 0.2) is 48.6 Å². The third kappa shape index (κ3) is 18.8. The average Bonchev–Trinajstić information content (AvgIpc) is 1.77. The van der Waals surface area contributed by atoms with Gasteiger partial charge in [-0.25, -0.2) is 79.0 Å². The molecule has 10 rings (SSSR count). The molecule has 0 aromatic heterocycles. The molecule has 6 aromatic rings. The number of benzene rings is 6.